The summed E-state index contributed by atoms with van der Waals surface area (Å²) in [5, 5.41) is 0. The van der Waals surface area contributed by atoms with Crippen LogP contribution < -0.4 is 9.46 Å². The summed E-state index contributed by atoms with van der Waals surface area (Å²) in [5.41, 5.74) is 0.957. The zero-order valence-corrected chi connectivity index (χ0v) is 16.5. The Bertz CT molecular complexity index is 975. The van der Waals surface area contributed by atoms with Crippen LogP contribution in [0.15, 0.2) is 59.5 Å². The molecule has 1 N–H and O–H groups in total. The Kier molecular flexibility index (Phi) is 5.69. The highest BCUT2D eigenvalue weighted by Crippen LogP contribution is 2.29. The van der Waals surface area contributed by atoms with Crippen LogP contribution in [0.1, 0.15) is 24.9 Å². The van der Waals surface area contributed by atoms with Gasteiger partial charge in [-0.3, -0.25) is 9.59 Å². The van der Waals surface area contributed by atoms with Crippen molar-refractivity contribution in [2.24, 2.45) is 5.92 Å². The number of likely N-dealkylation sites (tertiary alicyclic amines) is 1. The van der Waals surface area contributed by atoms with Gasteiger partial charge in [-0.25, -0.2) is 13.1 Å². The van der Waals surface area contributed by atoms with Crippen molar-refractivity contribution in [2.45, 2.75) is 24.3 Å². The molecule has 0 aromatic heterocycles. The zero-order valence-electron chi connectivity index (χ0n) is 15.7. The second-order valence-corrected chi connectivity index (χ2v) is 8.31. The van der Waals surface area contributed by atoms with Crippen LogP contribution in [0.5, 0.6) is 5.75 Å². The molecule has 7 nitrogen and oxygen atoms in total. The van der Waals surface area contributed by atoms with E-state index >= 15 is 0 Å². The summed E-state index contributed by atoms with van der Waals surface area (Å²) in [4.78, 5) is 26.5. The van der Waals surface area contributed by atoms with E-state index < -0.39 is 21.8 Å². The Morgan fingerprint density at radius 1 is 1.14 bits per heavy atom. The number of benzene rings is 2. The van der Waals surface area contributed by atoms with Crippen LogP contribution in [0.4, 0.5) is 0 Å². The lowest BCUT2D eigenvalue weighted by atomic mass is 10.1. The molecule has 0 saturated carbocycles. The van der Waals surface area contributed by atoms with Gasteiger partial charge >= 0.3 is 0 Å². The van der Waals surface area contributed by atoms with E-state index in [1.165, 1.54) is 19.2 Å². The summed E-state index contributed by atoms with van der Waals surface area (Å²) in [7, 11) is -2.75. The van der Waals surface area contributed by atoms with E-state index in [0.29, 0.717) is 0 Å². The normalized spacial score (nSPS) is 18.0. The first-order chi connectivity index (χ1) is 13.3. The van der Waals surface area contributed by atoms with Crippen LogP contribution in [-0.2, 0) is 19.6 Å². The quantitative estimate of drug-likeness (QED) is 0.799. The smallest absolute Gasteiger partial charge is 0.267 e. The summed E-state index contributed by atoms with van der Waals surface area (Å²) in [6.07, 6.45) is -0.0234. The number of sulfonamides is 1. The van der Waals surface area contributed by atoms with Gasteiger partial charge in [0.2, 0.25) is 11.8 Å². The summed E-state index contributed by atoms with van der Waals surface area (Å²) < 4.78 is 32.3. The van der Waals surface area contributed by atoms with Crippen LogP contribution in [-0.4, -0.2) is 38.8 Å². The first-order valence-electron chi connectivity index (χ1n) is 8.87. The third kappa shape index (κ3) is 4.01. The van der Waals surface area contributed by atoms with Crippen molar-refractivity contribution in [2.75, 3.05) is 13.7 Å². The molecular formula is C20H22N2O5S. The average molecular weight is 402 g/mol. The number of nitrogens with zero attached hydrogens (tertiary/aromatic N) is 1. The van der Waals surface area contributed by atoms with Gasteiger partial charge in [0, 0.05) is 13.0 Å². The number of carbonyl (C=O) groups is 2. The molecule has 8 heteroatoms. The van der Waals surface area contributed by atoms with Gasteiger partial charge in [0.25, 0.3) is 10.0 Å². The largest absolute Gasteiger partial charge is 0.495 e. The number of amides is 2. The minimum atomic E-state index is -4.10. The average Bonchev–Trinajstić information content (AvgIpc) is 3.09. The van der Waals surface area contributed by atoms with E-state index in [0.717, 1.165) is 5.56 Å². The SMILES string of the molecule is COc1ccccc1S(=O)(=O)NC(=O)C1CC(=O)N(C(C)c2ccccc2)C1. The van der Waals surface area contributed by atoms with Crippen molar-refractivity contribution in [1.82, 2.24) is 9.62 Å². The Morgan fingerprint density at radius 2 is 1.79 bits per heavy atom. The molecule has 28 heavy (non-hydrogen) atoms. The monoisotopic (exact) mass is 402 g/mol. The topological polar surface area (TPSA) is 92.8 Å². The van der Waals surface area contributed by atoms with Gasteiger partial charge in [-0.15, -0.1) is 0 Å². The second-order valence-electron chi connectivity index (χ2n) is 6.65. The van der Waals surface area contributed by atoms with Crippen molar-refractivity contribution >= 4 is 21.8 Å². The van der Waals surface area contributed by atoms with Crippen molar-refractivity contribution in [3.05, 3.63) is 60.2 Å². The van der Waals surface area contributed by atoms with E-state index in [1.807, 2.05) is 37.3 Å². The number of nitrogens with one attached hydrogen (secondary N) is 1. The molecule has 2 aromatic rings. The van der Waals surface area contributed by atoms with Gasteiger partial charge < -0.3 is 9.64 Å². The summed E-state index contributed by atoms with van der Waals surface area (Å²) in [6.45, 7) is 2.06. The summed E-state index contributed by atoms with van der Waals surface area (Å²) >= 11 is 0. The molecule has 0 radical (unpaired) electrons. The molecular weight excluding hydrogens is 380 g/mol. The maximum absolute atomic E-state index is 12.6. The molecule has 2 amide bonds. The Balaban J connectivity index is 1.73. The second kappa shape index (κ2) is 8.02. The van der Waals surface area contributed by atoms with Crippen molar-refractivity contribution in [3.63, 3.8) is 0 Å². The van der Waals surface area contributed by atoms with Gasteiger partial charge in [-0.1, -0.05) is 42.5 Å². The van der Waals surface area contributed by atoms with Gasteiger partial charge in [0.1, 0.15) is 10.6 Å². The molecule has 0 bridgehead atoms. The van der Waals surface area contributed by atoms with Gasteiger partial charge in [-0.05, 0) is 24.6 Å². The van der Waals surface area contributed by atoms with Crippen LogP contribution in [0, 0.1) is 5.92 Å². The first-order valence-corrected chi connectivity index (χ1v) is 10.4. The van der Waals surface area contributed by atoms with E-state index in [2.05, 4.69) is 4.72 Å². The molecule has 3 rings (SSSR count). The molecule has 0 aliphatic carbocycles. The zero-order chi connectivity index (χ0) is 20.3. The van der Waals surface area contributed by atoms with Crippen LogP contribution in [0.25, 0.3) is 0 Å². The molecule has 148 valence electrons. The maximum atomic E-state index is 12.6. The highest BCUT2D eigenvalue weighted by atomic mass is 32.2. The van der Waals surface area contributed by atoms with Gasteiger partial charge in [-0.2, -0.15) is 0 Å². The number of hydrogen-bond donors (Lipinski definition) is 1. The molecule has 1 saturated heterocycles. The Hall–Kier alpha value is -2.87. The lowest BCUT2D eigenvalue weighted by Crippen LogP contribution is -2.37. The van der Waals surface area contributed by atoms with Crippen molar-refractivity contribution < 1.29 is 22.7 Å². The number of hydrogen-bond acceptors (Lipinski definition) is 5. The number of rotatable bonds is 6. The minimum absolute atomic E-state index is 0.0234. The third-order valence-corrected chi connectivity index (χ3v) is 6.26. The van der Waals surface area contributed by atoms with Gasteiger partial charge in [0.15, 0.2) is 0 Å². The molecule has 1 fully saturated rings. The standard InChI is InChI=1S/C20H22N2O5S/c1-14(15-8-4-3-5-9-15)22-13-16(12-19(22)23)20(24)21-28(25,26)18-11-7-6-10-17(18)27-2/h3-11,14,16H,12-13H2,1-2H3,(H,21,24). The minimum Gasteiger partial charge on any atom is -0.495 e. The van der Waals surface area contributed by atoms with E-state index in [-0.39, 0.29) is 35.6 Å². The molecule has 1 heterocycles. The molecule has 2 aromatic carbocycles. The van der Waals surface area contributed by atoms with Crippen molar-refractivity contribution in [3.8, 4) is 5.75 Å². The third-order valence-electron chi connectivity index (χ3n) is 4.87. The van der Waals surface area contributed by atoms with Crippen molar-refractivity contribution in [1.29, 1.82) is 0 Å². The van der Waals surface area contributed by atoms with E-state index in [1.54, 1.807) is 17.0 Å². The number of methoxy groups -OCH3 is 1. The molecule has 2 unspecified atom stereocenters. The van der Waals surface area contributed by atoms with E-state index in [9.17, 15) is 18.0 Å². The maximum Gasteiger partial charge on any atom is 0.267 e. The summed E-state index contributed by atoms with van der Waals surface area (Å²) in [6, 6.07) is 15.3. The molecule has 1 aliphatic rings. The molecule has 0 spiro atoms. The van der Waals surface area contributed by atoms with E-state index in [4.69, 9.17) is 4.74 Å². The fourth-order valence-electron chi connectivity index (χ4n) is 3.30. The molecule has 2 atom stereocenters. The van der Waals surface area contributed by atoms with Gasteiger partial charge in [0.05, 0.1) is 19.1 Å². The predicted octanol–water partition coefficient (Wildman–Crippen LogP) is 2.11. The van der Waals surface area contributed by atoms with Crippen LogP contribution in [0.2, 0.25) is 0 Å². The van der Waals surface area contributed by atoms with Crippen LogP contribution >= 0.6 is 0 Å². The number of para-hydroxylation sites is 1. The Morgan fingerprint density at radius 3 is 2.46 bits per heavy atom. The lowest BCUT2D eigenvalue weighted by Gasteiger charge is -2.25. The number of carbonyl (C=O) groups excluding carboxylic acids is 2. The highest BCUT2D eigenvalue weighted by Gasteiger charge is 2.38. The fourth-order valence-corrected chi connectivity index (χ4v) is 4.52. The first kappa shape index (κ1) is 19.9. The lowest BCUT2D eigenvalue weighted by molar-refractivity contribution is -0.130. The predicted molar refractivity (Wildman–Crippen MR) is 103 cm³/mol. The Labute approximate surface area is 164 Å². The molecule has 1 aliphatic heterocycles. The number of ether oxygens (including phenoxy) is 1. The summed E-state index contributed by atoms with van der Waals surface area (Å²) in [5.74, 6) is -1.46. The van der Waals surface area contributed by atoms with Crippen LogP contribution in [0.3, 0.4) is 0 Å². The highest BCUT2D eigenvalue weighted by molar-refractivity contribution is 7.90. The fraction of sp³-hybridized carbons (Fsp3) is 0.300.